The van der Waals surface area contributed by atoms with Crippen molar-refractivity contribution >= 4 is 45.2 Å². The van der Waals surface area contributed by atoms with Crippen LogP contribution in [-0.4, -0.2) is 15.1 Å². The van der Waals surface area contributed by atoms with Gasteiger partial charge in [-0.25, -0.2) is 23.7 Å². The molecule has 3 aromatic rings. The number of nitrogens with one attached hydrogen (secondary N) is 1. The van der Waals surface area contributed by atoms with Crippen molar-refractivity contribution in [1.82, 2.24) is 9.97 Å². The van der Waals surface area contributed by atoms with Gasteiger partial charge < -0.3 is 11.1 Å². The molecule has 1 aromatic heterocycles. The Bertz CT molecular complexity index is 1340. The van der Waals surface area contributed by atoms with Crippen LogP contribution in [-0.2, 0) is 6.42 Å². The molecule has 2 aromatic carbocycles. The van der Waals surface area contributed by atoms with Crippen LogP contribution in [0.15, 0.2) is 77.6 Å². The van der Waals surface area contributed by atoms with Gasteiger partial charge in [0.15, 0.2) is 0 Å². The molecule has 158 valence electrons. The minimum atomic E-state index is -0.679. The fourth-order valence-corrected chi connectivity index (χ4v) is 3.86. The van der Waals surface area contributed by atoms with Crippen LogP contribution in [0.25, 0.3) is 11.1 Å². The number of hydrogen-bond donors (Lipinski definition) is 2. The van der Waals surface area contributed by atoms with Crippen molar-refractivity contribution < 1.29 is 8.78 Å². The third-order valence-corrected chi connectivity index (χ3v) is 5.41. The van der Waals surface area contributed by atoms with Crippen molar-refractivity contribution in [3.63, 3.8) is 0 Å². The molecule has 1 aliphatic heterocycles. The van der Waals surface area contributed by atoms with Crippen LogP contribution >= 0.6 is 11.6 Å². The first-order valence-corrected chi connectivity index (χ1v) is 10.2. The first kappa shape index (κ1) is 20.1. The largest absolute Gasteiger partial charge is 0.399 e. The maximum absolute atomic E-state index is 14.6. The van der Waals surface area contributed by atoms with Crippen molar-refractivity contribution in [1.29, 1.82) is 0 Å². The smallest absolute Gasteiger partial charge is 0.227 e. The topological polar surface area (TPSA) is 76.2 Å². The molecule has 0 bridgehead atoms. The predicted molar refractivity (Wildman–Crippen MR) is 124 cm³/mol. The highest BCUT2D eigenvalue weighted by molar-refractivity contribution is 6.69. The van der Waals surface area contributed by atoms with Crippen molar-refractivity contribution in [3.8, 4) is 0 Å². The molecule has 3 N–H and O–H groups in total. The minimum Gasteiger partial charge on any atom is -0.399 e. The summed E-state index contributed by atoms with van der Waals surface area (Å²) in [6, 6.07) is 10.9. The van der Waals surface area contributed by atoms with E-state index >= 15 is 0 Å². The summed E-state index contributed by atoms with van der Waals surface area (Å²) in [7, 11) is 0. The third kappa shape index (κ3) is 3.67. The van der Waals surface area contributed by atoms with E-state index in [4.69, 9.17) is 17.3 Å². The molecule has 2 aliphatic rings. The maximum atomic E-state index is 14.6. The van der Waals surface area contributed by atoms with Crippen LogP contribution < -0.4 is 11.1 Å². The number of benzene rings is 2. The van der Waals surface area contributed by atoms with Gasteiger partial charge in [-0.3, -0.25) is 0 Å². The van der Waals surface area contributed by atoms with Crippen LogP contribution in [0.4, 0.5) is 26.1 Å². The lowest BCUT2D eigenvalue weighted by Crippen LogP contribution is -2.10. The molecule has 0 radical (unpaired) electrons. The number of allylic oxidation sites excluding steroid dienone is 5. The van der Waals surface area contributed by atoms with Crippen LogP contribution in [0.1, 0.15) is 16.8 Å². The Hall–Kier alpha value is -3.84. The number of rotatable bonds is 3. The molecule has 1 aliphatic carbocycles. The SMILES string of the molecule is Nc1ccc(Nc2ncc3c(n2)C2=CN=C(Cl)C=C(c4c(F)cccc4F)C2=CC3)cc1. The number of aliphatic imine (C=N–C) groups is 1. The second-order valence-electron chi connectivity index (χ2n) is 7.29. The van der Waals surface area contributed by atoms with Crippen molar-refractivity contribution in [2.24, 2.45) is 4.99 Å². The molecule has 5 nitrogen and oxygen atoms in total. The maximum Gasteiger partial charge on any atom is 0.227 e. The zero-order chi connectivity index (χ0) is 22.2. The minimum absolute atomic E-state index is 0.112. The van der Waals surface area contributed by atoms with Gasteiger partial charge >= 0.3 is 0 Å². The lowest BCUT2D eigenvalue weighted by Gasteiger charge is -2.22. The number of nitrogens with zero attached hydrogens (tertiary/aromatic N) is 3. The third-order valence-electron chi connectivity index (χ3n) is 5.21. The summed E-state index contributed by atoms with van der Waals surface area (Å²) in [6.45, 7) is 0. The van der Waals surface area contributed by atoms with E-state index in [1.54, 1.807) is 24.5 Å². The fourth-order valence-electron chi connectivity index (χ4n) is 3.70. The number of nitrogen functional groups attached to an aromatic ring is 1. The summed E-state index contributed by atoms with van der Waals surface area (Å²) in [5.74, 6) is -0.985. The Morgan fingerprint density at radius 2 is 1.72 bits per heavy atom. The molecule has 0 atom stereocenters. The van der Waals surface area contributed by atoms with E-state index < -0.39 is 11.6 Å². The zero-order valence-electron chi connectivity index (χ0n) is 16.6. The molecule has 0 amide bonds. The van der Waals surface area contributed by atoms with Crippen LogP contribution in [0.3, 0.4) is 0 Å². The Morgan fingerprint density at radius 1 is 0.969 bits per heavy atom. The predicted octanol–water partition coefficient (Wildman–Crippen LogP) is 5.64. The van der Waals surface area contributed by atoms with E-state index in [2.05, 4.69) is 20.3 Å². The molecule has 0 fully saturated rings. The van der Waals surface area contributed by atoms with Gasteiger partial charge in [-0.15, -0.1) is 0 Å². The van der Waals surface area contributed by atoms with E-state index in [1.165, 1.54) is 24.3 Å². The number of anilines is 3. The summed E-state index contributed by atoms with van der Waals surface area (Å²) in [5.41, 5.74) is 10.0. The van der Waals surface area contributed by atoms with Gasteiger partial charge in [0.1, 0.15) is 16.8 Å². The second-order valence-corrected chi connectivity index (χ2v) is 7.67. The Balaban J connectivity index is 1.58. The lowest BCUT2D eigenvalue weighted by atomic mass is 9.84. The molecule has 0 saturated heterocycles. The first-order valence-electron chi connectivity index (χ1n) is 9.79. The molecule has 0 saturated carbocycles. The van der Waals surface area contributed by atoms with Crippen molar-refractivity contribution in [2.45, 2.75) is 6.42 Å². The van der Waals surface area contributed by atoms with Crippen molar-refractivity contribution in [3.05, 3.63) is 101 Å². The number of fused-ring (bicyclic) bond motifs is 3. The van der Waals surface area contributed by atoms with Crippen LogP contribution in [0, 0.1) is 11.6 Å². The Morgan fingerprint density at radius 3 is 2.47 bits per heavy atom. The molecule has 8 heteroatoms. The second kappa shape index (κ2) is 8.01. The summed E-state index contributed by atoms with van der Waals surface area (Å²) >= 11 is 6.22. The van der Waals surface area contributed by atoms with Crippen LogP contribution in [0.2, 0.25) is 0 Å². The quantitative estimate of drug-likeness (QED) is 0.509. The molecular weight excluding hydrogens is 432 g/mol. The number of halogens is 3. The van der Waals surface area contributed by atoms with Gasteiger partial charge in [-0.05, 0) is 60.0 Å². The number of hydrogen-bond acceptors (Lipinski definition) is 5. The van der Waals surface area contributed by atoms with Crippen molar-refractivity contribution in [2.75, 3.05) is 11.1 Å². The van der Waals surface area contributed by atoms with E-state index in [0.717, 1.165) is 11.3 Å². The Kier molecular flexibility index (Phi) is 5.03. The van der Waals surface area contributed by atoms with Gasteiger partial charge in [-0.2, -0.15) is 0 Å². The van der Waals surface area contributed by atoms with Crippen LogP contribution in [0.5, 0.6) is 0 Å². The summed E-state index contributed by atoms with van der Waals surface area (Å²) < 4.78 is 29.3. The van der Waals surface area contributed by atoms with E-state index in [1.807, 2.05) is 18.2 Å². The average molecular weight is 448 g/mol. The van der Waals surface area contributed by atoms with Gasteiger partial charge in [0.25, 0.3) is 0 Å². The molecule has 32 heavy (non-hydrogen) atoms. The lowest BCUT2D eigenvalue weighted by molar-refractivity contribution is 0.577. The standard InChI is InChI=1S/C24H16ClF2N5/c25-21-10-17(22-19(26)2-1-3-20(22)27)16-9-4-13-11-30-24(32-23(13)18(16)12-29-21)31-15-7-5-14(28)6-8-15/h1-3,5-12H,4,28H2,(H,30,31,32). The summed E-state index contributed by atoms with van der Waals surface area (Å²) in [4.78, 5) is 13.3. The van der Waals surface area contributed by atoms with E-state index in [0.29, 0.717) is 40.5 Å². The van der Waals surface area contributed by atoms with Gasteiger partial charge in [0, 0.05) is 34.9 Å². The van der Waals surface area contributed by atoms with E-state index in [9.17, 15) is 8.78 Å². The summed E-state index contributed by atoms with van der Waals surface area (Å²) in [6.07, 6.45) is 7.13. The normalized spacial score (nSPS) is 14.8. The molecule has 5 rings (SSSR count). The summed E-state index contributed by atoms with van der Waals surface area (Å²) in [5, 5.41) is 3.25. The number of nitrogens with two attached hydrogens (primary N) is 1. The highest BCUT2D eigenvalue weighted by atomic mass is 35.5. The molecule has 0 unspecified atom stereocenters. The van der Waals surface area contributed by atoms with E-state index in [-0.39, 0.29) is 10.7 Å². The van der Waals surface area contributed by atoms with Gasteiger partial charge in [-0.1, -0.05) is 23.7 Å². The Labute approximate surface area is 187 Å². The average Bonchev–Trinajstić information content (AvgIpc) is 2.94. The monoisotopic (exact) mass is 447 g/mol. The fraction of sp³-hybridized carbons (Fsp3) is 0.0417. The zero-order valence-corrected chi connectivity index (χ0v) is 17.4. The molecule has 2 heterocycles. The number of aromatic nitrogens is 2. The van der Waals surface area contributed by atoms with Gasteiger partial charge in [0.2, 0.25) is 5.95 Å². The molecule has 0 spiro atoms. The first-order chi connectivity index (χ1) is 15.5. The highest BCUT2D eigenvalue weighted by Gasteiger charge is 2.27. The van der Waals surface area contributed by atoms with Gasteiger partial charge in [0.05, 0.1) is 11.3 Å². The highest BCUT2D eigenvalue weighted by Crippen LogP contribution is 2.41. The molecular formula is C24H16ClF2N5.